The molecule has 1 aromatic carbocycles. The summed E-state index contributed by atoms with van der Waals surface area (Å²) in [5.41, 5.74) is 0.945. The predicted octanol–water partition coefficient (Wildman–Crippen LogP) is 3.95. The van der Waals surface area contributed by atoms with Gasteiger partial charge in [0.15, 0.2) is 5.78 Å². The first-order valence-electron chi connectivity index (χ1n) is 5.33. The minimum absolute atomic E-state index is 0.142. The molecule has 2 rings (SSSR count). The molecule has 1 saturated heterocycles. The van der Waals surface area contributed by atoms with Crippen molar-refractivity contribution in [2.45, 2.75) is 11.7 Å². The van der Waals surface area contributed by atoms with Crippen LogP contribution in [0, 0.1) is 0 Å². The summed E-state index contributed by atoms with van der Waals surface area (Å²) < 4.78 is 0. The third kappa shape index (κ3) is 3.82. The van der Waals surface area contributed by atoms with Gasteiger partial charge in [-0.15, -0.1) is 11.8 Å². The van der Waals surface area contributed by atoms with Gasteiger partial charge >= 0.3 is 0 Å². The van der Waals surface area contributed by atoms with Gasteiger partial charge in [0, 0.05) is 23.7 Å². The number of hydrogen-bond donors (Lipinski definition) is 0. The lowest BCUT2D eigenvalue weighted by atomic mass is 10.1. The molecule has 1 atom stereocenters. The van der Waals surface area contributed by atoms with Crippen LogP contribution >= 0.6 is 46.7 Å². The standard InChI is InChI=1S/C12H12Cl2OS2/c13-9-2-1-8(5-10(9)14)6-11(15)12-7-16-3-4-17-12/h1-2,5,12H,3-4,6-7H2. The lowest BCUT2D eigenvalue weighted by Crippen LogP contribution is -2.25. The summed E-state index contributed by atoms with van der Waals surface area (Å²) in [4.78, 5) is 12.1. The molecule has 92 valence electrons. The van der Waals surface area contributed by atoms with Crippen molar-refractivity contribution in [2.24, 2.45) is 0 Å². The van der Waals surface area contributed by atoms with Gasteiger partial charge < -0.3 is 0 Å². The fourth-order valence-electron chi connectivity index (χ4n) is 1.64. The lowest BCUT2D eigenvalue weighted by molar-refractivity contribution is -0.117. The molecule has 0 spiro atoms. The number of ketones is 1. The first kappa shape index (κ1) is 13.6. The highest BCUT2D eigenvalue weighted by Crippen LogP contribution is 2.27. The second-order valence-electron chi connectivity index (χ2n) is 3.83. The molecule has 0 saturated carbocycles. The first-order valence-corrected chi connectivity index (χ1v) is 8.29. The Morgan fingerprint density at radius 1 is 1.29 bits per heavy atom. The van der Waals surface area contributed by atoms with E-state index in [1.807, 2.05) is 17.8 Å². The fourth-order valence-corrected chi connectivity index (χ4v) is 4.61. The van der Waals surface area contributed by atoms with E-state index in [0.29, 0.717) is 22.2 Å². The Hall–Kier alpha value is 0.170. The molecule has 1 heterocycles. The van der Waals surface area contributed by atoms with Gasteiger partial charge in [-0.2, -0.15) is 11.8 Å². The van der Waals surface area contributed by atoms with Gasteiger partial charge in [-0.1, -0.05) is 29.3 Å². The molecule has 1 aliphatic heterocycles. The van der Waals surface area contributed by atoms with E-state index in [1.165, 1.54) is 0 Å². The van der Waals surface area contributed by atoms with Crippen LogP contribution in [0.4, 0.5) is 0 Å². The van der Waals surface area contributed by atoms with Gasteiger partial charge in [0.05, 0.1) is 15.3 Å². The van der Waals surface area contributed by atoms with Gasteiger partial charge in [0.25, 0.3) is 0 Å². The molecule has 17 heavy (non-hydrogen) atoms. The molecule has 0 radical (unpaired) electrons. The molecular weight excluding hydrogens is 295 g/mol. The van der Waals surface area contributed by atoms with Crippen LogP contribution in [0.3, 0.4) is 0 Å². The van der Waals surface area contributed by atoms with E-state index in [1.54, 1.807) is 23.9 Å². The summed E-state index contributed by atoms with van der Waals surface area (Å²) in [6, 6.07) is 5.39. The fraction of sp³-hybridized carbons (Fsp3) is 0.417. The average molecular weight is 307 g/mol. The SMILES string of the molecule is O=C(Cc1ccc(Cl)c(Cl)c1)C1CSCCS1. The maximum Gasteiger partial charge on any atom is 0.151 e. The highest BCUT2D eigenvalue weighted by molar-refractivity contribution is 8.07. The van der Waals surface area contributed by atoms with E-state index in [2.05, 4.69) is 0 Å². The molecule has 0 bridgehead atoms. The van der Waals surface area contributed by atoms with Crippen molar-refractivity contribution in [1.29, 1.82) is 0 Å². The second kappa shape index (κ2) is 6.37. The van der Waals surface area contributed by atoms with Crippen LogP contribution in [0.15, 0.2) is 18.2 Å². The summed E-state index contributed by atoms with van der Waals surface area (Å²) in [5.74, 6) is 3.45. The largest absolute Gasteiger partial charge is 0.298 e. The van der Waals surface area contributed by atoms with Crippen molar-refractivity contribution in [2.75, 3.05) is 17.3 Å². The van der Waals surface area contributed by atoms with Crippen molar-refractivity contribution in [1.82, 2.24) is 0 Å². The smallest absolute Gasteiger partial charge is 0.151 e. The third-order valence-corrected chi connectivity index (χ3v) is 6.08. The highest BCUT2D eigenvalue weighted by Gasteiger charge is 2.22. The molecule has 5 heteroatoms. The summed E-state index contributed by atoms with van der Waals surface area (Å²) >= 11 is 15.4. The van der Waals surface area contributed by atoms with Crippen molar-refractivity contribution < 1.29 is 4.79 Å². The Balaban J connectivity index is 1.99. The second-order valence-corrected chi connectivity index (χ2v) is 7.10. The Morgan fingerprint density at radius 3 is 2.76 bits per heavy atom. The maximum atomic E-state index is 12.1. The third-order valence-electron chi connectivity index (χ3n) is 2.54. The summed E-state index contributed by atoms with van der Waals surface area (Å²) in [6.07, 6.45) is 0.453. The molecule has 1 unspecified atom stereocenters. The molecule has 0 amide bonds. The Bertz CT molecular complexity index is 417. The van der Waals surface area contributed by atoms with E-state index in [4.69, 9.17) is 23.2 Å². The molecule has 0 aliphatic carbocycles. The minimum Gasteiger partial charge on any atom is -0.298 e. The van der Waals surface area contributed by atoms with Crippen LogP contribution in [-0.2, 0) is 11.2 Å². The number of carbonyl (C=O) groups is 1. The monoisotopic (exact) mass is 306 g/mol. The van der Waals surface area contributed by atoms with Gasteiger partial charge in [-0.05, 0) is 17.7 Å². The summed E-state index contributed by atoms with van der Waals surface area (Å²) in [6.45, 7) is 0. The van der Waals surface area contributed by atoms with Crippen LogP contribution in [0.25, 0.3) is 0 Å². The maximum absolute atomic E-state index is 12.1. The molecule has 0 aromatic heterocycles. The minimum atomic E-state index is 0.142. The quantitative estimate of drug-likeness (QED) is 0.841. The van der Waals surface area contributed by atoms with Crippen LogP contribution in [0.1, 0.15) is 5.56 Å². The highest BCUT2D eigenvalue weighted by atomic mass is 35.5. The van der Waals surface area contributed by atoms with E-state index in [0.717, 1.165) is 22.8 Å². The van der Waals surface area contributed by atoms with Gasteiger partial charge in [0.1, 0.15) is 0 Å². The van der Waals surface area contributed by atoms with Crippen LogP contribution in [-0.4, -0.2) is 28.3 Å². The van der Waals surface area contributed by atoms with Crippen LogP contribution in [0.5, 0.6) is 0 Å². The average Bonchev–Trinajstić information content (AvgIpc) is 2.35. The molecule has 1 aliphatic rings. The number of carbonyl (C=O) groups excluding carboxylic acids is 1. The van der Waals surface area contributed by atoms with Gasteiger partial charge in [0.2, 0.25) is 0 Å². The van der Waals surface area contributed by atoms with E-state index < -0.39 is 0 Å². The molecule has 1 nitrogen and oxygen atoms in total. The number of thioether (sulfide) groups is 2. The predicted molar refractivity (Wildman–Crippen MR) is 78.7 cm³/mol. The van der Waals surface area contributed by atoms with E-state index in [9.17, 15) is 4.79 Å². The first-order chi connectivity index (χ1) is 8.16. The Kier molecular flexibility index (Phi) is 5.10. The number of benzene rings is 1. The Morgan fingerprint density at radius 2 is 2.12 bits per heavy atom. The zero-order chi connectivity index (χ0) is 12.3. The zero-order valence-electron chi connectivity index (χ0n) is 9.12. The Labute approximate surface area is 120 Å². The van der Waals surface area contributed by atoms with Gasteiger partial charge in [-0.3, -0.25) is 4.79 Å². The zero-order valence-corrected chi connectivity index (χ0v) is 12.3. The van der Waals surface area contributed by atoms with Crippen molar-refractivity contribution in [3.63, 3.8) is 0 Å². The van der Waals surface area contributed by atoms with Crippen molar-refractivity contribution >= 4 is 52.5 Å². The van der Waals surface area contributed by atoms with Crippen LogP contribution < -0.4 is 0 Å². The lowest BCUT2D eigenvalue weighted by Gasteiger charge is -2.19. The summed E-state index contributed by atoms with van der Waals surface area (Å²) in [5, 5.41) is 1.19. The molecular formula is C12H12Cl2OS2. The molecule has 1 fully saturated rings. The van der Waals surface area contributed by atoms with Crippen LogP contribution in [0.2, 0.25) is 10.0 Å². The number of Topliss-reactive ketones (excluding diaryl/α,β-unsaturated/α-hetero) is 1. The summed E-state index contributed by atoms with van der Waals surface area (Å²) in [7, 11) is 0. The number of rotatable bonds is 3. The normalized spacial score (nSPS) is 20.2. The van der Waals surface area contributed by atoms with E-state index >= 15 is 0 Å². The van der Waals surface area contributed by atoms with Crippen molar-refractivity contribution in [3.05, 3.63) is 33.8 Å². The van der Waals surface area contributed by atoms with Crippen molar-refractivity contribution in [3.8, 4) is 0 Å². The molecule has 0 N–H and O–H groups in total. The number of halogens is 2. The molecule has 1 aromatic rings. The topological polar surface area (TPSA) is 17.1 Å². The van der Waals surface area contributed by atoms with E-state index in [-0.39, 0.29) is 5.25 Å². The van der Waals surface area contributed by atoms with Gasteiger partial charge in [-0.25, -0.2) is 0 Å². The number of hydrogen-bond acceptors (Lipinski definition) is 3.